The molecule has 0 saturated heterocycles. The molecule has 1 aliphatic heterocycles. The van der Waals surface area contributed by atoms with Crippen LogP contribution in [0.25, 0.3) is 5.82 Å². The number of hydrogen-bond acceptors (Lipinski definition) is 4. The minimum absolute atomic E-state index is 0.0195. The number of ether oxygens (including phenoxy) is 1. The summed E-state index contributed by atoms with van der Waals surface area (Å²) in [4.78, 5) is 7.25. The number of aromatic nitrogens is 2. The quantitative estimate of drug-likeness (QED) is 0.174. The minimum atomic E-state index is -0.479. The fourth-order valence-electron chi connectivity index (χ4n) is 6.26. The Kier molecular flexibility index (Phi) is 7.23. The number of nitriles is 1. The standard InChI is InChI=1S/C38H29FN4O/c39-35-21-28(22-40)19-20-29(35)27-44-37-18-10-17-36(41-37)42-23-30-25-43(26-31(30)24-42)38(32-11-4-1-5-12-32,33-13-6-2-7-14-33)34-15-8-3-9-16-34/h1-21,23-24H,25-27H2. The molecule has 44 heavy (non-hydrogen) atoms. The van der Waals surface area contributed by atoms with Crippen LogP contribution in [-0.2, 0) is 25.2 Å². The van der Waals surface area contributed by atoms with E-state index in [1.807, 2.05) is 22.8 Å². The first-order valence-electron chi connectivity index (χ1n) is 14.6. The van der Waals surface area contributed by atoms with Crippen molar-refractivity contribution in [1.82, 2.24) is 14.5 Å². The van der Waals surface area contributed by atoms with Crippen LogP contribution in [0, 0.1) is 17.1 Å². The summed E-state index contributed by atoms with van der Waals surface area (Å²) in [7, 11) is 0. The van der Waals surface area contributed by atoms with E-state index in [9.17, 15) is 4.39 Å². The normalized spacial score (nSPS) is 12.9. The van der Waals surface area contributed by atoms with E-state index in [4.69, 9.17) is 15.0 Å². The zero-order valence-corrected chi connectivity index (χ0v) is 24.0. The van der Waals surface area contributed by atoms with Crippen molar-refractivity contribution in [2.24, 2.45) is 0 Å². The molecule has 6 aromatic rings. The van der Waals surface area contributed by atoms with Crippen LogP contribution < -0.4 is 4.74 Å². The van der Waals surface area contributed by atoms with Crippen LogP contribution in [-0.4, -0.2) is 14.5 Å². The van der Waals surface area contributed by atoms with Gasteiger partial charge in [0.1, 0.15) is 18.2 Å². The Morgan fingerprint density at radius 2 is 1.30 bits per heavy atom. The molecule has 6 heteroatoms. The van der Waals surface area contributed by atoms with Gasteiger partial charge in [-0.3, -0.25) is 4.90 Å². The van der Waals surface area contributed by atoms with E-state index < -0.39 is 11.4 Å². The van der Waals surface area contributed by atoms with E-state index >= 15 is 0 Å². The number of pyridine rings is 1. The van der Waals surface area contributed by atoms with Gasteiger partial charge < -0.3 is 9.30 Å². The van der Waals surface area contributed by atoms with Crippen LogP contribution >= 0.6 is 0 Å². The molecule has 214 valence electrons. The molecule has 0 spiro atoms. The Hall–Kier alpha value is -5.51. The third kappa shape index (κ3) is 4.94. The molecule has 0 fully saturated rings. The summed E-state index contributed by atoms with van der Waals surface area (Å²) in [6.07, 6.45) is 4.29. The van der Waals surface area contributed by atoms with E-state index in [0.29, 0.717) is 11.4 Å². The van der Waals surface area contributed by atoms with Gasteiger partial charge in [-0.2, -0.15) is 10.2 Å². The van der Waals surface area contributed by atoms with Gasteiger partial charge >= 0.3 is 0 Å². The lowest BCUT2D eigenvalue weighted by Crippen LogP contribution is -2.45. The molecule has 1 aliphatic rings. The first kappa shape index (κ1) is 27.3. The van der Waals surface area contributed by atoms with Crippen LogP contribution in [0.1, 0.15) is 38.9 Å². The highest BCUT2D eigenvalue weighted by Crippen LogP contribution is 2.46. The van der Waals surface area contributed by atoms with Crippen molar-refractivity contribution in [2.75, 3.05) is 0 Å². The highest BCUT2D eigenvalue weighted by atomic mass is 19.1. The Morgan fingerprint density at radius 1 is 0.727 bits per heavy atom. The van der Waals surface area contributed by atoms with Crippen LogP contribution in [0.3, 0.4) is 0 Å². The number of rotatable bonds is 8. The molecular formula is C38H29FN4O. The van der Waals surface area contributed by atoms with E-state index in [1.165, 1.54) is 33.9 Å². The zero-order chi connectivity index (χ0) is 29.9. The number of fused-ring (bicyclic) bond motifs is 1. The minimum Gasteiger partial charge on any atom is -0.473 e. The molecular weight excluding hydrogens is 547 g/mol. The van der Waals surface area contributed by atoms with Gasteiger partial charge in [-0.15, -0.1) is 0 Å². The third-order valence-electron chi connectivity index (χ3n) is 8.30. The maximum atomic E-state index is 14.4. The Bertz CT molecular complexity index is 1830. The summed E-state index contributed by atoms with van der Waals surface area (Å²) < 4.78 is 22.2. The molecule has 0 amide bonds. The van der Waals surface area contributed by atoms with Crippen molar-refractivity contribution in [3.8, 4) is 17.8 Å². The summed E-state index contributed by atoms with van der Waals surface area (Å²) in [6, 6.07) is 44.1. The lowest BCUT2D eigenvalue weighted by molar-refractivity contribution is 0.156. The highest BCUT2D eigenvalue weighted by molar-refractivity contribution is 5.51. The maximum absolute atomic E-state index is 14.4. The second-order valence-corrected chi connectivity index (χ2v) is 10.9. The van der Waals surface area contributed by atoms with Crippen molar-refractivity contribution in [2.45, 2.75) is 25.2 Å². The van der Waals surface area contributed by atoms with Crippen molar-refractivity contribution in [3.63, 3.8) is 0 Å². The van der Waals surface area contributed by atoms with E-state index in [-0.39, 0.29) is 12.2 Å². The molecule has 0 unspecified atom stereocenters. The average Bonchev–Trinajstić information content (AvgIpc) is 3.67. The summed E-state index contributed by atoms with van der Waals surface area (Å²) >= 11 is 0. The zero-order valence-electron chi connectivity index (χ0n) is 24.0. The van der Waals surface area contributed by atoms with Gasteiger partial charge in [-0.1, -0.05) is 103 Å². The maximum Gasteiger partial charge on any atom is 0.215 e. The van der Waals surface area contributed by atoms with Gasteiger partial charge in [0.15, 0.2) is 0 Å². The molecule has 7 rings (SSSR count). The van der Waals surface area contributed by atoms with Crippen LogP contribution in [0.5, 0.6) is 5.88 Å². The molecule has 2 aromatic heterocycles. The molecule has 0 atom stereocenters. The smallest absolute Gasteiger partial charge is 0.215 e. The average molecular weight is 577 g/mol. The molecule has 0 saturated carbocycles. The number of hydrogen-bond donors (Lipinski definition) is 0. The van der Waals surface area contributed by atoms with E-state index in [2.05, 4.69) is 108 Å². The molecule has 3 heterocycles. The van der Waals surface area contributed by atoms with Gasteiger partial charge in [-0.25, -0.2) is 4.39 Å². The molecule has 0 aliphatic carbocycles. The van der Waals surface area contributed by atoms with Gasteiger partial charge in [0.2, 0.25) is 5.88 Å². The van der Waals surface area contributed by atoms with Crippen molar-refractivity contribution >= 4 is 0 Å². The Balaban J connectivity index is 1.19. The number of benzene rings is 4. The van der Waals surface area contributed by atoms with Gasteiger partial charge in [-0.05, 0) is 46.0 Å². The second-order valence-electron chi connectivity index (χ2n) is 10.9. The van der Waals surface area contributed by atoms with Crippen LogP contribution in [0.15, 0.2) is 140 Å². The number of nitrogens with zero attached hydrogens (tertiary/aromatic N) is 4. The molecule has 0 N–H and O–H groups in total. The van der Waals surface area contributed by atoms with Crippen molar-refractivity contribution in [3.05, 3.63) is 185 Å². The Morgan fingerprint density at radius 3 is 1.82 bits per heavy atom. The largest absolute Gasteiger partial charge is 0.473 e. The third-order valence-corrected chi connectivity index (χ3v) is 8.30. The van der Waals surface area contributed by atoms with Crippen molar-refractivity contribution < 1.29 is 9.13 Å². The van der Waals surface area contributed by atoms with E-state index in [0.717, 1.165) is 18.9 Å². The highest BCUT2D eigenvalue weighted by Gasteiger charge is 2.44. The topological polar surface area (TPSA) is 54.1 Å². The SMILES string of the molecule is N#Cc1ccc(COc2cccc(-n3cc4c(c3)CN(C(c3ccccc3)(c3ccccc3)c3ccccc3)C4)n2)c(F)c1. The Labute approximate surface area is 256 Å². The fraction of sp³-hybridized carbons (Fsp3) is 0.105. The fourth-order valence-corrected chi connectivity index (χ4v) is 6.26. The van der Waals surface area contributed by atoms with E-state index in [1.54, 1.807) is 18.2 Å². The molecule has 4 aromatic carbocycles. The molecule has 0 radical (unpaired) electrons. The van der Waals surface area contributed by atoms with Gasteiger partial charge in [0.05, 0.1) is 17.2 Å². The predicted octanol–water partition coefficient (Wildman–Crippen LogP) is 7.77. The lowest BCUT2D eigenvalue weighted by atomic mass is 9.75. The van der Waals surface area contributed by atoms with Gasteiger partial charge in [0, 0.05) is 37.1 Å². The first-order chi connectivity index (χ1) is 21.6. The van der Waals surface area contributed by atoms with Crippen molar-refractivity contribution in [1.29, 1.82) is 5.26 Å². The monoisotopic (exact) mass is 576 g/mol. The predicted molar refractivity (Wildman–Crippen MR) is 167 cm³/mol. The molecule has 0 bridgehead atoms. The first-order valence-corrected chi connectivity index (χ1v) is 14.6. The summed E-state index contributed by atoms with van der Waals surface area (Å²) in [6.45, 7) is 1.54. The number of halogens is 1. The summed E-state index contributed by atoms with van der Waals surface area (Å²) in [5, 5.41) is 8.99. The molecule has 5 nitrogen and oxygen atoms in total. The van der Waals surface area contributed by atoms with Crippen LogP contribution in [0.2, 0.25) is 0 Å². The second kappa shape index (κ2) is 11.6. The summed E-state index contributed by atoms with van der Waals surface area (Å²) in [5.74, 6) is 0.659. The lowest BCUT2D eigenvalue weighted by Gasteiger charge is -2.44. The van der Waals surface area contributed by atoms with Gasteiger partial charge in [0.25, 0.3) is 0 Å². The van der Waals surface area contributed by atoms with Crippen LogP contribution in [0.4, 0.5) is 4.39 Å². The summed E-state index contributed by atoms with van der Waals surface area (Å²) in [5.41, 5.74) is 6.32.